The summed E-state index contributed by atoms with van der Waals surface area (Å²) in [6.07, 6.45) is 4.51. The largest absolute Gasteiger partial charge is 0.389 e. The van der Waals surface area contributed by atoms with E-state index in [4.69, 9.17) is 4.52 Å². The van der Waals surface area contributed by atoms with Crippen molar-refractivity contribution in [3.8, 4) is 11.4 Å². The second-order valence-corrected chi connectivity index (χ2v) is 12.1. The fourth-order valence-corrected chi connectivity index (χ4v) is 6.25. The molecule has 2 aliphatic rings. The summed E-state index contributed by atoms with van der Waals surface area (Å²) in [4.78, 5) is 24.6. The molecule has 0 bridgehead atoms. The summed E-state index contributed by atoms with van der Waals surface area (Å²) < 4.78 is 5.52. The van der Waals surface area contributed by atoms with Crippen LogP contribution in [0.25, 0.3) is 11.4 Å². The van der Waals surface area contributed by atoms with Crippen molar-refractivity contribution in [3.63, 3.8) is 0 Å². The van der Waals surface area contributed by atoms with Crippen molar-refractivity contribution >= 4 is 5.91 Å². The molecular formula is C30H39N5O4. The molecule has 2 fully saturated rings. The van der Waals surface area contributed by atoms with Gasteiger partial charge in [-0.1, -0.05) is 50.2 Å². The number of carbonyl (C=O) groups excluding carboxylic acids is 1. The molecule has 5 rings (SSSR count). The minimum Gasteiger partial charge on any atom is -0.389 e. The first kappa shape index (κ1) is 27.4. The molecule has 0 spiro atoms. The average Bonchev–Trinajstić information content (AvgIpc) is 3.35. The lowest BCUT2D eigenvalue weighted by atomic mass is 9.62. The van der Waals surface area contributed by atoms with Crippen LogP contribution in [0.2, 0.25) is 0 Å². The number of nitrogens with zero attached hydrogens (tertiary/aromatic N) is 5. The van der Waals surface area contributed by atoms with Gasteiger partial charge in [-0.05, 0) is 43.0 Å². The first-order valence-electron chi connectivity index (χ1n) is 13.7. The molecule has 1 amide bonds. The van der Waals surface area contributed by atoms with E-state index in [1.165, 1.54) is 5.56 Å². The second kappa shape index (κ2) is 10.1. The standard InChI is InChI=1S/C30H39N5O4/c1-20(2)22-6-8-24(9-7-22)30(38,28(4)18-34(5)19-28)25-14-23(16-31-17-25)27-32-26(39-33-27)15-29(37)10-12-35(13-11-29)21(3)36/h6-9,14,16-17,20,37-38H,10-13,15,18-19H2,1-5H3. The van der Waals surface area contributed by atoms with E-state index in [0.29, 0.717) is 54.7 Å². The van der Waals surface area contributed by atoms with Gasteiger partial charge in [-0.3, -0.25) is 9.78 Å². The van der Waals surface area contributed by atoms with Gasteiger partial charge in [0, 0.05) is 62.0 Å². The lowest BCUT2D eigenvalue weighted by Gasteiger charge is -2.55. The number of likely N-dealkylation sites (tertiary alicyclic amines) is 2. The third-order valence-corrected chi connectivity index (χ3v) is 8.61. The monoisotopic (exact) mass is 533 g/mol. The lowest BCUT2D eigenvalue weighted by molar-refractivity contribution is -0.133. The molecule has 1 aromatic carbocycles. The van der Waals surface area contributed by atoms with Gasteiger partial charge in [-0.2, -0.15) is 4.98 Å². The van der Waals surface area contributed by atoms with Crippen LogP contribution in [0.1, 0.15) is 69.0 Å². The number of benzene rings is 1. The van der Waals surface area contributed by atoms with Gasteiger partial charge >= 0.3 is 0 Å². The summed E-state index contributed by atoms with van der Waals surface area (Å²) in [5.74, 6) is 1.11. The minimum atomic E-state index is -1.27. The quantitative estimate of drug-likeness (QED) is 0.475. The van der Waals surface area contributed by atoms with E-state index >= 15 is 0 Å². The summed E-state index contributed by atoms with van der Waals surface area (Å²) in [5.41, 5.74) is 0.671. The summed E-state index contributed by atoms with van der Waals surface area (Å²) in [6, 6.07) is 10.1. The van der Waals surface area contributed by atoms with Crippen LogP contribution in [0, 0.1) is 5.41 Å². The van der Waals surface area contributed by atoms with Crippen molar-refractivity contribution in [1.29, 1.82) is 0 Å². The number of carbonyl (C=O) groups is 1. The Morgan fingerprint density at radius 2 is 1.79 bits per heavy atom. The third-order valence-electron chi connectivity index (χ3n) is 8.61. The van der Waals surface area contributed by atoms with Crippen molar-refractivity contribution < 1.29 is 19.5 Å². The average molecular weight is 534 g/mol. The van der Waals surface area contributed by atoms with Crippen molar-refractivity contribution in [2.75, 3.05) is 33.2 Å². The number of pyridine rings is 1. The molecule has 2 aromatic heterocycles. The zero-order chi connectivity index (χ0) is 28.0. The first-order chi connectivity index (χ1) is 18.4. The van der Waals surface area contributed by atoms with Gasteiger partial charge < -0.3 is 24.5 Å². The topological polar surface area (TPSA) is 116 Å². The molecule has 0 aliphatic carbocycles. The molecule has 2 aliphatic heterocycles. The summed E-state index contributed by atoms with van der Waals surface area (Å²) in [6.45, 7) is 10.5. The smallest absolute Gasteiger partial charge is 0.229 e. The lowest BCUT2D eigenvalue weighted by Crippen LogP contribution is -2.63. The Bertz CT molecular complexity index is 1320. The zero-order valence-corrected chi connectivity index (χ0v) is 23.5. The molecule has 9 nitrogen and oxygen atoms in total. The van der Waals surface area contributed by atoms with Gasteiger partial charge in [0.15, 0.2) is 0 Å². The second-order valence-electron chi connectivity index (χ2n) is 12.1. The highest BCUT2D eigenvalue weighted by atomic mass is 16.5. The molecule has 1 atom stereocenters. The van der Waals surface area contributed by atoms with Crippen molar-refractivity contribution in [2.45, 2.75) is 64.1 Å². The first-order valence-corrected chi connectivity index (χ1v) is 13.7. The van der Waals surface area contributed by atoms with Crippen LogP contribution in [0.3, 0.4) is 0 Å². The van der Waals surface area contributed by atoms with Crippen LogP contribution in [-0.2, 0) is 16.8 Å². The van der Waals surface area contributed by atoms with Crippen LogP contribution in [0.5, 0.6) is 0 Å². The molecule has 39 heavy (non-hydrogen) atoms. The summed E-state index contributed by atoms with van der Waals surface area (Å²) in [7, 11) is 2.05. The number of amides is 1. The van der Waals surface area contributed by atoms with Gasteiger partial charge in [-0.25, -0.2) is 0 Å². The Morgan fingerprint density at radius 3 is 2.38 bits per heavy atom. The predicted molar refractivity (Wildman–Crippen MR) is 147 cm³/mol. The van der Waals surface area contributed by atoms with E-state index in [0.717, 1.165) is 18.7 Å². The van der Waals surface area contributed by atoms with Crippen molar-refractivity contribution in [2.24, 2.45) is 5.41 Å². The number of hydrogen-bond acceptors (Lipinski definition) is 8. The van der Waals surface area contributed by atoms with E-state index in [-0.39, 0.29) is 12.3 Å². The van der Waals surface area contributed by atoms with Gasteiger partial charge in [-0.15, -0.1) is 0 Å². The zero-order valence-electron chi connectivity index (χ0n) is 23.5. The molecular weight excluding hydrogens is 494 g/mol. The number of aliphatic hydroxyl groups is 2. The Hall–Kier alpha value is -3.14. The van der Waals surface area contributed by atoms with Gasteiger partial charge in [0.1, 0.15) is 5.60 Å². The fraction of sp³-hybridized carbons (Fsp3) is 0.533. The maximum Gasteiger partial charge on any atom is 0.229 e. The number of aromatic nitrogens is 3. The van der Waals surface area contributed by atoms with E-state index in [1.807, 2.05) is 18.2 Å². The molecule has 208 valence electrons. The van der Waals surface area contributed by atoms with Crippen molar-refractivity contribution in [3.05, 3.63) is 65.3 Å². The molecule has 2 saturated heterocycles. The Balaban J connectivity index is 1.43. The van der Waals surface area contributed by atoms with Crippen LogP contribution < -0.4 is 0 Å². The number of piperidine rings is 1. The summed E-state index contributed by atoms with van der Waals surface area (Å²) >= 11 is 0. The highest BCUT2D eigenvalue weighted by Crippen LogP contribution is 2.50. The van der Waals surface area contributed by atoms with Crippen LogP contribution in [0.15, 0.2) is 47.2 Å². The molecule has 9 heteroatoms. The maximum atomic E-state index is 12.5. The third kappa shape index (κ3) is 5.11. The molecule has 2 N–H and O–H groups in total. The van der Waals surface area contributed by atoms with Crippen LogP contribution in [0.4, 0.5) is 0 Å². The number of rotatable bonds is 7. The van der Waals surface area contributed by atoms with Crippen LogP contribution >= 0.6 is 0 Å². The van der Waals surface area contributed by atoms with E-state index in [2.05, 4.69) is 60.0 Å². The normalized spacial score (nSPS) is 20.5. The predicted octanol–water partition coefficient (Wildman–Crippen LogP) is 3.36. The highest BCUT2D eigenvalue weighted by Gasteiger charge is 2.55. The highest BCUT2D eigenvalue weighted by molar-refractivity contribution is 5.73. The van der Waals surface area contributed by atoms with E-state index < -0.39 is 16.6 Å². The van der Waals surface area contributed by atoms with Crippen molar-refractivity contribution in [1.82, 2.24) is 24.9 Å². The summed E-state index contributed by atoms with van der Waals surface area (Å²) in [5, 5.41) is 27.7. The minimum absolute atomic E-state index is 0.0164. The van der Waals surface area contributed by atoms with Gasteiger partial charge in [0.05, 0.1) is 12.0 Å². The molecule has 0 radical (unpaired) electrons. The van der Waals surface area contributed by atoms with Crippen LogP contribution in [-0.4, -0.2) is 79.9 Å². The van der Waals surface area contributed by atoms with Gasteiger partial charge in [0.25, 0.3) is 0 Å². The molecule has 4 heterocycles. The molecule has 0 saturated carbocycles. The maximum absolute atomic E-state index is 12.5. The molecule has 3 aromatic rings. The van der Waals surface area contributed by atoms with E-state index in [1.54, 1.807) is 24.2 Å². The SMILES string of the molecule is CC(=O)N1CCC(O)(Cc2nc(-c3cncc(C(O)(c4ccc(C(C)C)cc4)C4(C)CN(C)C4)c3)no2)CC1. The van der Waals surface area contributed by atoms with E-state index in [9.17, 15) is 15.0 Å². The Kier molecular flexibility index (Phi) is 7.11. The van der Waals surface area contributed by atoms with Gasteiger partial charge in [0.2, 0.25) is 17.6 Å². The Morgan fingerprint density at radius 1 is 1.13 bits per heavy atom. The Labute approximate surface area is 229 Å². The molecule has 1 unspecified atom stereocenters. The number of hydrogen-bond donors (Lipinski definition) is 2. The fourth-order valence-electron chi connectivity index (χ4n) is 6.25.